The summed E-state index contributed by atoms with van der Waals surface area (Å²) in [5.74, 6) is 0.312. The lowest BCUT2D eigenvalue weighted by atomic mass is 9.85. The zero-order chi connectivity index (χ0) is 14.7. The Morgan fingerprint density at radius 2 is 2.00 bits per heavy atom. The van der Waals surface area contributed by atoms with E-state index in [1.54, 1.807) is 4.90 Å². The number of fused-ring (bicyclic) bond motifs is 1. The number of methoxy groups -OCH3 is 1. The molecule has 1 aliphatic carbocycles. The molecule has 2 rings (SSSR count). The molecule has 0 radical (unpaired) electrons. The first-order valence-electron chi connectivity index (χ1n) is 7.66. The summed E-state index contributed by atoms with van der Waals surface area (Å²) in [5.41, 5.74) is 0. The summed E-state index contributed by atoms with van der Waals surface area (Å²) in [5, 5.41) is 3.48. The van der Waals surface area contributed by atoms with Gasteiger partial charge in [-0.05, 0) is 39.0 Å². The number of ether oxygens (including phenoxy) is 1. The van der Waals surface area contributed by atoms with Crippen LogP contribution < -0.4 is 5.32 Å². The van der Waals surface area contributed by atoms with Gasteiger partial charge in [0.2, 0.25) is 5.91 Å². The molecule has 1 amide bonds. The van der Waals surface area contributed by atoms with E-state index in [-0.39, 0.29) is 30.5 Å². The third-order valence-corrected chi connectivity index (χ3v) is 4.59. The second-order valence-corrected chi connectivity index (χ2v) is 6.24. The van der Waals surface area contributed by atoms with Crippen LogP contribution in [-0.2, 0) is 14.3 Å². The lowest BCUT2D eigenvalue weighted by Crippen LogP contribution is -2.50. The van der Waals surface area contributed by atoms with E-state index in [0.717, 1.165) is 6.42 Å². The van der Waals surface area contributed by atoms with Crippen LogP contribution in [0.4, 0.5) is 0 Å². The third-order valence-electron chi connectivity index (χ3n) is 4.59. The van der Waals surface area contributed by atoms with Gasteiger partial charge in [-0.25, -0.2) is 0 Å². The Hall–Kier alpha value is -1.10. The molecular formula is C15H26N2O3. The second-order valence-electron chi connectivity index (χ2n) is 6.24. The summed E-state index contributed by atoms with van der Waals surface area (Å²) in [6, 6.07) is 0.367. The molecule has 1 heterocycles. The highest BCUT2D eigenvalue weighted by Crippen LogP contribution is 2.33. The number of carbonyl (C=O) groups is 2. The van der Waals surface area contributed by atoms with E-state index in [1.807, 2.05) is 13.8 Å². The Morgan fingerprint density at radius 1 is 1.30 bits per heavy atom. The zero-order valence-electron chi connectivity index (χ0n) is 12.7. The lowest BCUT2D eigenvalue weighted by Gasteiger charge is -2.28. The van der Waals surface area contributed by atoms with Crippen LogP contribution in [0.3, 0.4) is 0 Å². The minimum Gasteiger partial charge on any atom is -0.468 e. The van der Waals surface area contributed by atoms with Crippen LogP contribution >= 0.6 is 0 Å². The Kier molecular flexibility index (Phi) is 5.02. The molecule has 3 unspecified atom stereocenters. The van der Waals surface area contributed by atoms with Crippen LogP contribution in [0.25, 0.3) is 0 Å². The fourth-order valence-electron chi connectivity index (χ4n) is 3.43. The standard InChI is InChI=1S/C15H26N2O3/c1-10(2)17(9-14(18)20-3)15(19)13-8-11-6-4-5-7-12(11)16-13/h10-13,16H,4-9H2,1-3H3. The summed E-state index contributed by atoms with van der Waals surface area (Å²) in [6.07, 6.45) is 5.84. The highest BCUT2D eigenvalue weighted by atomic mass is 16.5. The molecule has 0 bridgehead atoms. The maximum absolute atomic E-state index is 12.6. The first-order valence-corrected chi connectivity index (χ1v) is 7.66. The Morgan fingerprint density at radius 3 is 2.60 bits per heavy atom. The van der Waals surface area contributed by atoms with Crippen molar-refractivity contribution >= 4 is 11.9 Å². The summed E-state index contributed by atoms with van der Waals surface area (Å²) in [4.78, 5) is 25.7. The van der Waals surface area contributed by atoms with Gasteiger partial charge in [-0.15, -0.1) is 0 Å². The molecule has 1 saturated carbocycles. The summed E-state index contributed by atoms with van der Waals surface area (Å²) >= 11 is 0. The highest BCUT2D eigenvalue weighted by Gasteiger charge is 2.40. The number of amides is 1. The quantitative estimate of drug-likeness (QED) is 0.790. The molecule has 0 spiro atoms. The molecule has 1 aliphatic heterocycles. The monoisotopic (exact) mass is 282 g/mol. The van der Waals surface area contributed by atoms with E-state index in [4.69, 9.17) is 0 Å². The van der Waals surface area contributed by atoms with Gasteiger partial charge in [-0.3, -0.25) is 9.59 Å². The van der Waals surface area contributed by atoms with Gasteiger partial charge in [0.25, 0.3) is 0 Å². The van der Waals surface area contributed by atoms with Crippen molar-refractivity contribution in [3.8, 4) is 0 Å². The number of nitrogens with zero attached hydrogens (tertiary/aromatic N) is 1. The van der Waals surface area contributed by atoms with Crippen molar-refractivity contribution in [3.63, 3.8) is 0 Å². The number of nitrogens with one attached hydrogen (secondary N) is 1. The van der Waals surface area contributed by atoms with E-state index in [0.29, 0.717) is 12.0 Å². The Labute approximate surface area is 121 Å². The van der Waals surface area contributed by atoms with Crippen LogP contribution in [0, 0.1) is 5.92 Å². The van der Waals surface area contributed by atoms with Crippen molar-refractivity contribution in [1.82, 2.24) is 10.2 Å². The Bertz CT molecular complexity index is 356. The molecule has 1 saturated heterocycles. The van der Waals surface area contributed by atoms with E-state index >= 15 is 0 Å². The van der Waals surface area contributed by atoms with Gasteiger partial charge in [0.1, 0.15) is 6.54 Å². The highest BCUT2D eigenvalue weighted by molar-refractivity contribution is 5.86. The van der Waals surface area contributed by atoms with Crippen molar-refractivity contribution in [2.75, 3.05) is 13.7 Å². The molecule has 20 heavy (non-hydrogen) atoms. The molecular weight excluding hydrogens is 256 g/mol. The maximum Gasteiger partial charge on any atom is 0.325 e. The second kappa shape index (κ2) is 6.57. The van der Waals surface area contributed by atoms with E-state index in [9.17, 15) is 9.59 Å². The number of hydrogen-bond donors (Lipinski definition) is 1. The topological polar surface area (TPSA) is 58.6 Å². The molecule has 2 aliphatic rings. The fraction of sp³-hybridized carbons (Fsp3) is 0.867. The summed E-state index contributed by atoms with van der Waals surface area (Å²) in [6.45, 7) is 3.91. The van der Waals surface area contributed by atoms with E-state index in [1.165, 1.54) is 32.8 Å². The molecule has 0 aromatic carbocycles. The number of carbonyl (C=O) groups excluding carboxylic acids is 2. The minimum absolute atomic E-state index is 0.00558. The number of hydrogen-bond acceptors (Lipinski definition) is 4. The van der Waals surface area contributed by atoms with Crippen LogP contribution in [0.2, 0.25) is 0 Å². The third kappa shape index (κ3) is 3.32. The molecule has 3 atom stereocenters. The minimum atomic E-state index is -0.359. The smallest absolute Gasteiger partial charge is 0.325 e. The first-order chi connectivity index (χ1) is 9.52. The van der Waals surface area contributed by atoms with Crippen molar-refractivity contribution in [2.45, 2.75) is 64.1 Å². The predicted octanol–water partition coefficient (Wildman–Crippen LogP) is 1.32. The van der Waals surface area contributed by atoms with Crippen LogP contribution in [0.15, 0.2) is 0 Å². The molecule has 1 N–H and O–H groups in total. The largest absolute Gasteiger partial charge is 0.468 e. The Balaban J connectivity index is 1.99. The predicted molar refractivity (Wildman–Crippen MR) is 76.2 cm³/mol. The number of rotatable bonds is 4. The average molecular weight is 282 g/mol. The summed E-state index contributed by atoms with van der Waals surface area (Å²) < 4.78 is 4.69. The molecule has 0 aromatic rings. The van der Waals surface area contributed by atoms with Crippen LogP contribution in [0.5, 0.6) is 0 Å². The molecule has 0 aromatic heterocycles. The maximum atomic E-state index is 12.6. The van der Waals surface area contributed by atoms with Crippen molar-refractivity contribution in [1.29, 1.82) is 0 Å². The lowest BCUT2D eigenvalue weighted by molar-refractivity contribution is -0.148. The van der Waals surface area contributed by atoms with Gasteiger partial charge in [0.15, 0.2) is 0 Å². The van der Waals surface area contributed by atoms with Crippen molar-refractivity contribution in [3.05, 3.63) is 0 Å². The first kappa shape index (κ1) is 15.3. The van der Waals surface area contributed by atoms with Gasteiger partial charge >= 0.3 is 5.97 Å². The normalized spacial score (nSPS) is 29.1. The van der Waals surface area contributed by atoms with Gasteiger partial charge in [0.05, 0.1) is 13.2 Å². The van der Waals surface area contributed by atoms with Gasteiger partial charge < -0.3 is 15.0 Å². The summed E-state index contributed by atoms with van der Waals surface area (Å²) in [7, 11) is 1.35. The molecule has 5 heteroatoms. The fourth-order valence-corrected chi connectivity index (χ4v) is 3.43. The van der Waals surface area contributed by atoms with Crippen molar-refractivity contribution < 1.29 is 14.3 Å². The van der Waals surface area contributed by atoms with Gasteiger partial charge in [-0.1, -0.05) is 12.8 Å². The van der Waals surface area contributed by atoms with E-state index in [2.05, 4.69) is 10.1 Å². The zero-order valence-corrected chi connectivity index (χ0v) is 12.7. The number of esters is 1. The van der Waals surface area contributed by atoms with Gasteiger partial charge in [0, 0.05) is 12.1 Å². The SMILES string of the molecule is COC(=O)CN(C(=O)C1CC2CCCCC2N1)C(C)C. The average Bonchev–Trinajstić information content (AvgIpc) is 2.87. The van der Waals surface area contributed by atoms with Crippen LogP contribution in [-0.4, -0.2) is 48.6 Å². The molecule has 5 nitrogen and oxygen atoms in total. The van der Waals surface area contributed by atoms with Crippen molar-refractivity contribution in [2.24, 2.45) is 5.92 Å². The molecule has 2 fully saturated rings. The van der Waals surface area contributed by atoms with Gasteiger partial charge in [-0.2, -0.15) is 0 Å². The van der Waals surface area contributed by atoms with Crippen LogP contribution in [0.1, 0.15) is 46.0 Å². The van der Waals surface area contributed by atoms with E-state index < -0.39 is 0 Å². The molecule has 114 valence electrons.